The molecule has 100 valence electrons. The molecule has 1 aromatic carbocycles. The number of carbonyl (C=O) groups excluding carboxylic acids is 1. The van der Waals surface area contributed by atoms with Gasteiger partial charge in [-0.1, -0.05) is 23.2 Å². The molecule has 0 aliphatic rings. The van der Waals surface area contributed by atoms with Gasteiger partial charge in [-0.25, -0.2) is 4.68 Å². The van der Waals surface area contributed by atoms with Crippen LogP contribution in [0.25, 0.3) is 0 Å². The first-order valence-electron chi connectivity index (χ1n) is 5.65. The van der Waals surface area contributed by atoms with Crippen LogP contribution in [0.4, 0.5) is 0 Å². The number of halogens is 2. The largest absolute Gasteiger partial charge is 0.483 e. The van der Waals surface area contributed by atoms with Crippen LogP contribution in [-0.2, 0) is 0 Å². The Balaban J connectivity index is 2.23. The monoisotopic (exact) mass is 298 g/mol. The minimum absolute atomic E-state index is 0.169. The number of nitrogens with zero attached hydrogens (tertiary/aromatic N) is 2. The number of aromatic nitrogens is 2. The van der Waals surface area contributed by atoms with Crippen LogP contribution in [0.3, 0.4) is 0 Å². The van der Waals surface area contributed by atoms with Gasteiger partial charge in [-0.15, -0.1) is 0 Å². The molecule has 1 aromatic heterocycles. The van der Waals surface area contributed by atoms with E-state index >= 15 is 0 Å². The Morgan fingerprint density at radius 1 is 1.37 bits per heavy atom. The Morgan fingerprint density at radius 3 is 2.74 bits per heavy atom. The van der Waals surface area contributed by atoms with Crippen LogP contribution < -0.4 is 4.74 Å². The van der Waals surface area contributed by atoms with E-state index in [1.165, 1.54) is 11.6 Å². The van der Waals surface area contributed by atoms with Crippen molar-refractivity contribution in [2.75, 3.05) is 0 Å². The standard InChI is InChI=1S/C13H12Cl2N2O2/c1-8(12-5-6-16-17(12)9(2)18)19-13-4-3-10(14)7-11(13)15/h3-8H,1-2H3/t8-/m1/s1. The van der Waals surface area contributed by atoms with Crippen molar-refractivity contribution in [2.45, 2.75) is 20.0 Å². The number of rotatable bonds is 3. The van der Waals surface area contributed by atoms with Gasteiger partial charge in [0.1, 0.15) is 11.9 Å². The van der Waals surface area contributed by atoms with E-state index in [0.29, 0.717) is 21.5 Å². The summed E-state index contributed by atoms with van der Waals surface area (Å²) < 4.78 is 7.03. The zero-order valence-electron chi connectivity index (χ0n) is 10.4. The van der Waals surface area contributed by atoms with Gasteiger partial charge in [-0.3, -0.25) is 4.79 Å². The maximum atomic E-state index is 11.4. The molecule has 4 nitrogen and oxygen atoms in total. The van der Waals surface area contributed by atoms with E-state index in [1.807, 2.05) is 6.92 Å². The molecule has 0 fully saturated rings. The van der Waals surface area contributed by atoms with Crippen LogP contribution in [0.2, 0.25) is 10.0 Å². The summed E-state index contributed by atoms with van der Waals surface area (Å²) in [7, 11) is 0. The van der Waals surface area contributed by atoms with E-state index < -0.39 is 0 Å². The van der Waals surface area contributed by atoms with Crippen LogP contribution in [0.5, 0.6) is 5.75 Å². The number of benzene rings is 1. The zero-order valence-corrected chi connectivity index (χ0v) is 11.9. The molecular formula is C13H12Cl2N2O2. The lowest BCUT2D eigenvalue weighted by atomic mass is 10.2. The Morgan fingerprint density at radius 2 is 2.11 bits per heavy atom. The quantitative estimate of drug-likeness (QED) is 0.860. The van der Waals surface area contributed by atoms with Crippen molar-refractivity contribution in [3.05, 3.63) is 46.2 Å². The third-order valence-electron chi connectivity index (χ3n) is 2.58. The molecule has 0 saturated carbocycles. The molecule has 2 aromatic rings. The van der Waals surface area contributed by atoms with Gasteiger partial charge in [-0.2, -0.15) is 5.10 Å². The molecule has 0 N–H and O–H groups in total. The van der Waals surface area contributed by atoms with Crippen LogP contribution in [0.15, 0.2) is 30.5 Å². The first-order chi connectivity index (χ1) is 8.99. The van der Waals surface area contributed by atoms with Gasteiger partial charge in [0.15, 0.2) is 0 Å². The Labute approximate surface area is 120 Å². The van der Waals surface area contributed by atoms with Crippen molar-refractivity contribution in [1.82, 2.24) is 9.78 Å². The summed E-state index contributed by atoms with van der Waals surface area (Å²) in [4.78, 5) is 11.4. The molecule has 0 saturated heterocycles. The fourth-order valence-electron chi connectivity index (χ4n) is 1.71. The zero-order chi connectivity index (χ0) is 14.0. The number of hydrogen-bond acceptors (Lipinski definition) is 3. The predicted molar refractivity (Wildman–Crippen MR) is 74.0 cm³/mol. The molecule has 0 spiro atoms. The minimum Gasteiger partial charge on any atom is -0.483 e. The molecule has 0 aliphatic carbocycles. The Hall–Kier alpha value is -1.52. The maximum Gasteiger partial charge on any atom is 0.244 e. The second-order valence-electron chi connectivity index (χ2n) is 4.02. The van der Waals surface area contributed by atoms with Gasteiger partial charge in [-0.05, 0) is 31.2 Å². The van der Waals surface area contributed by atoms with Gasteiger partial charge < -0.3 is 4.74 Å². The second kappa shape index (κ2) is 5.63. The summed E-state index contributed by atoms with van der Waals surface area (Å²) in [5, 5.41) is 4.91. The van der Waals surface area contributed by atoms with Crippen LogP contribution in [-0.4, -0.2) is 15.7 Å². The third kappa shape index (κ3) is 3.08. The van der Waals surface area contributed by atoms with Crippen molar-refractivity contribution in [2.24, 2.45) is 0 Å². The molecule has 0 amide bonds. The van der Waals surface area contributed by atoms with Crippen LogP contribution in [0.1, 0.15) is 30.4 Å². The fourth-order valence-corrected chi connectivity index (χ4v) is 2.16. The molecule has 6 heteroatoms. The van der Waals surface area contributed by atoms with Crippen molar-refractivity contribution < 1.29 is 9.53 Å². The Bertz CT molecular complexity index is 610. The third-order valence-corrected chi connectivity index (χ3v) is 3.11. The molecular weight excluding hydrogens is 287 g/mol. The smallest absolute Gasteiger partial charge is 0.244 e. The number of carbonyl (C=O) groups is 1. The van der Waals surface area contributed by atoms with Crippen molar-refractivity contribution in [3.63, 3.8) is 0 Å². The van der Waals surface area contributed by atoms with Gasteiger partial charge in [0, 0.05) is 18.1 Å². The van der Waals surface area contributed by atoms with Gasteiger partial charge in [0.25, 0.3) is 0 Å². The molecule has 0 aliphatic heterocycles. The molecule has 1 heterocycles. The SMILES string of the molecule is CC(=O)n1nccc1[C@@H](C)Oc1ccc(Cl)cc1Cl. The highest BCUT2D eigenvalue weighted by molar-refractivity contribution is 6.35. The van der Waals surface area contributed by atoms with Crippen LogP contribution >= 0.6 is 23.2 Å². The van der Waals surface area contributed by atoms with E-state index in [0.717, 1.165) is 0 Å². The van der Waals surface area contributed by atoms with E-state index in [9.17, 15) is 4.79 Å². The summed E-state index contributed by atoms with van der Waals surface area (Å²) in [6, 6.07) is 6.72. The van der Waals surface area contributed by atoms with E-state index in [2.05, 4.69) is 5.10 Å². The average molecular weight is 299 g/mol. The highest BCUT2D eigenvalue weighted by Gasteiger charge is 2.16. The lowest BCUT2D eigenvalue weighted by Gasteiger charge is -2.16. The number of ether oxygens (including phenoxy) is 1. The van der Waals surface area contributed by atoms with Crippen LogP contribution in [0, 0.1) is 0 Å². The van der Waals surface area contributed by atoms with Crippen molar-refractivity contribution in [3.8, 4) is 5.75 Å². The molecule has 0 radical (unpaired) electrons. The molecule has 0 unspecified atom stereocenters. The van der Waals surface area contributed by atoms with Crippen molar-refractivity contribution in [1.29, 1.82) is 0 Å². The average Bonchev–Trinajstić information content (AvgIpc) is 2.82. The first kappa shape index (κ1) is 13.9. The minimum atomic E-state index is -0.356. The van der Waals surface area contributed by atoms with Crippen molar-refractivity contribution >= 4 is 29.1 Å². The maximum absolute atomic E-state index is 11.4. The fraction of sp³-hybridized carbons (Fsp3) is 0.231. The van der Waals surface area contributed by atoms with Gasteiger partial charge in [0.05, 0.1) is 10.7 Å². The summed E-state index contributed by atoms with van der Waals surface area (Å²) in [6.45, 7) is 3.26. The highest BCUT2D eigenvalue weighted by Crippen LogP contribution is 2.31. The lowest BCUT2D eigenvalue weighted by molar-refractivity contribution is 0.0904. The normalized spacial score (nSPS) is 12.2. The molecule has 2 rings (SSSR count). The summed E-state index contributed by atoms with van der Waals surface area (Å²) in [6.07, 6.45) is 1.20. The number of hydrogen-bond donors (Lipinski definition) is 0. The Kier molecular flexibility index (Phi) is 4.12. The van der Waals surface area contributed by atoms with Gasteiger partial charge >= 0.3 is 0 Å². The summed E-state index contributed by atoms with van der Waals surface area (Å²) in [5.74, 6) is 0.340. The molecule has 0 bridgehead atoms. The van der Waals surface area contributed by atoms with E-state index in [4.69, 9.17) is 27.9 Å². The van der Waals surface area contributed by atoms with E-state index in [1.54, 1.807) is 30.5 Å². The lowest BCUT2D eigenvalue weighted by Crippen LogP contribution is -2.16. The topological polar surface area (TPSA) is 44.1 Å². The predicted octanol–water partition coefficient (Wildman–Crippen LogP) is 3.99. The van der Waals surface area contributed by atoms with Gasteiger partial charge in [0.2, 0.25) is 5.91 Å². The highest BCUT2D eigenvalue weighted by atomic mass is 35.5. The molecule has 1 atom stereocenters. The first-order valence-corrected chi connectivity index (χ1v) is 6.41. The second-order valence-corrected chi connectivity index (χ2v) is 4.87. The molecule has 19 heavy (non-hydrogen) atoms. The summed E-state index contributed by atoms with van der Waals surface area (Å²) in [5.41, 5.74) is 0.665. The summed E-state index contributed by atoms with van der Waals surface area (Å²) >= 11 is 11.9. The van der Waals surface area contributed by atoms with E-state index in [-0.39, 0.29) is 12.0 Å².